The Hall–Kier alpha value is -1.36. The molecule has 17 heavy (non-hydrogen) atoms. The first-order chi connectivity index (χ1) is 8.24. The fourth-order valence-corrected chi connectivity index (χ4v) is 2.15. The summed E-state index contributed by atoms with van der Waals surface area (Å²) in [4.78, 5) is 11.6. The summed E-state index contributed by atoms with van der Waals surface area (Å²) >= 11 is 0. The highest BCUT2D eigenvalue weighted by atomic mass is 16.5. The van der Waals surface area contributed by atoms with E-state index in [9.17, 15) is 4.79 Å². The summed E-state index contributed by atoms with van der Waals surface area (Å²) in [6, 6.07) is 2.32. The van der Waals surface area contributed by atoms with Crippen LogP contribution in [-0.2, 0) is 4.79 Å². The number of carbonyl (C=O) groups is 1. The van der Waals surface area contributed by atoms with Gasteiger partial charge in [0.15, 0.2) is 5.82 Å². The van der Waals surface area contributed by atoms with Crippen molar-refractivity contribution in [2.45, 2.75) is 45.1 Å². The summed E-state index contributed by atoms with van der Waals surface area (Å²) in [5, 5.41) is 9.82. The highest BCUT2D eigenvalue weighted by Gasteiger charge is 2.14. The molecule has 5 nitrogen and oxygen atoms in total. The molecule has 1 aliphatic carbocycles. The van der Waals surface area contributed by atoms with Crippen molar-refractivity contribution < 1.29 is 9.32 Å². The second-order valence-electron chi connectivity index (χ2n) is 4.56. The molecule has 5 heteroatoms. The highest BCUT2D eigenvalue weighted by molar-refractivity contribution is 5.89. The Morgan fingerprint density at radius 1 is 1.53 bits per heavy atom. The largest absolute Gasteiger partial charge is 0.360 e. The average Bonchev–Trinajstić information content (AvgIpc) is 2.90. The van der Waals surface area contributed by atoms with Crippen molar-refractivity contribution in [1.29, 1.82) is 0 Å². The number of hydrogen-bond acceptors (Lipinski definition) is 4. The second kappa shape index (κ2) is 5.82. The molecular weight excluding hydrogens is 218 g/mol. The van der Waals surface area contributed by atoms with Gasteiger partial charge in [-0.3, -0.25) is 4.79 Å². The molecule has 2 rings (SSSR count). The lowest BCUT2D eigenvalue weighted by atomic mass is 10.2. The fourth-order valence-electron chi connectivity index (χ4n) is 2.15. The zero-order valence-electron chi connectivity index (χ0n) is 10.2. The van der Waals surface area contributed by atoms with Gasteiger partial charge in [0.25, 0.3) is 0 Å². The normalized spacial score (nSPS) is 16.3. The Balaban J connectivity index is 1.63. The van der Waals surface area contributed by atoms with Crippen LogP contribution < -0.4 is 10.6 Å². The van der Waals surface area contributed by atoms with Crippen molar-refractivity contribution in [1.82, 2.24) is 10.5 Å². The number of hydrogen-bond donors (Lipinski definition) is 2. The zero-order valence-corrected chi connectivity index (χ0v) is 10.2. The third kappa shape index (κ3) is 3.85. The smallest absolute Gasteiger partial charge is 0.226 e. The molecule has 0 atom stereocenters. The van der Waals surface area contributed by atoms with E-state index in [0.717, 1.165) is 6.54 Å². The topological polar surface area (TPSA) is 67.2 Å². The molecule has 0 spiro atoms. The van der Waals surface area contributed by atoms with Gasteiger partial charge < -0.3 is 15.2 Å². The molecule has 94 valence electrons. The molecule has 1 aromatic rings. The van der Waals surface area contributed by atoms with Gasteiger partial charge in [0.1, 0.15) is 5.76 Å². The minimum Gasteiger partial charge on any atom is -0.360 e. The maximum atomic E-state index is 11.6. The first kappa shape index (κ1) is 12.1. The van der Waals surface area contributed by atoms with Crippen LogP contribution in [0.5, 0.6) is 0 Å². The fraction of sp³-hybridized carbons (Fsp3) is 0.667. The zero-order chi connectivity index (χ0) is 12.1. The molecule has 0 radical (unpaired) electrons. The summed E-state index contributed by atoms with van der Waals surface area (Å²) < 4.78 is 4.87. The van der Waals surface area contributed by atoms with E-state index < -0.39 is 0 Å². The van der Waals surface area contributed by atoms with E-state index in [0.29, 0.717) is 24.0 Å². The van der Waals surface area contributed by atoms with Crippen molar-refractivity contribution in [3.63, 3.8) is 0 Å². The van der Waals surface area contributed by atoms with Gasteiger partial charge in [-0.15, -0.1) is 0 Å². The lowest BCUT2D eigenvalue weighted by Crippen LogP contribution is -2.29. The maximum Gasteiger partial charge on any atom is 0.226 e. The number of carbonyl (C=O) groups excluding carboxylic acids is 1. The van der Waals surface area contributed by atoms with E-state index in [1.54, 1.807) is 13.0 Å². The molecule has 1 fully saturated rings. The van der Waals surface area contributed by atoms with Crippen molar-refractivity contribution in [3.05, 3.63) is 11.8 Å². The Bertz CT molecular complexity index is 370. The number of amides is 1. The maximum absolute atomic E-state index is 11.6. The Labute approximate surface area is 101 Å². The standard InChI is InChI=1S/C12H19N3O2/c1-9-8-11(15-17-9)14-12(16)6-7-13-10-4-2-3-5-10/h8,10,13H,2-7H2,1H3,(H,14,15,16). The van der Waals surface area contributed by atoms with Gasteiger partial charge in [-0.1, -0.05) is 18.0 Å². The van der Waals surface area contributed by atoms with Crippen LogP contribution in [-0.4, -0.2) is 23.7 Å². The molecule has 0 aliphatic heterocycles. The van der Waals surface area contributed by atoms with Crippen molar-refractivity contribution in [3.8, 4) is 0 Å². The number of rotatable bonds is 5. The van der Waals surface area contributed by atoms with Crippen LogP contribution in [0.1, 0.15) is 37.9 Å². The monoisotopic (exact) mass is 237 g/mol. The molecule has 1 saturated carbocycles. The van der Waals surface area contributed by atoms with Crippen molar-refractivity contribution in [2.75, 3.05) is 11.9 Å². The first-order valence-corrected chi connectivity index (χ1v) is 6.20. The third-order valence-electron chi connectivity index (χ3n) is 3.04. The van der Waals surface area contributed by atoms with Crippen LogP contribution in [0.2, 0.25) is 0 Å². The number of nitrogens with one attached hydrogen (secondary N) is 2. The van der Waals surface area contributed by atoms with Crippen molar-refractivity contribution in [2.24, 2.45) is 0 Å². The number of anilines is 1. The average molecular weight is 237 g/mol. The summed E-state index contributed by atoms with van der Waals surface area (Å²) in [6.45, 7) is 2.53. The Kier molecular flexibility index (Phi) is 4.14. The molecule has 1 amide bonds. The van der Waals surface area contributed by atoms with Crippen LogP contribution in [0.25, 0.3) is 0 Å². The molecule has 0 saturated heterocycles. The minimum absolute atomic E-state index is 0.0243. The number of nitrogens with zero attached hydrogens (tertiary/aromatic N) is 1. The van der Waals surface area contributed by atoms with Gasteiger partial charge in [0, 0.05) is 25.1 Å². The van der Waals surface area contributed by atoms with Gasteiger partial charge in [-0.05, 0) is 19.8 Å². The Morgan fingerprint density at radius 3 is 2.94 bits per heavy atom. The van der Waals surface area contributed by atoms with E-state index in [1.807, 2.05) is 0 Å². The molecule has 1 aliphatic rings. The van der Waals surface area contributed by atoms with Crippen LogP contribution in [0.4, 0.5) is 5.82 Å². The number of aryl methyl sites for hydroxylation is 1. The summed E-state index contributed by atoms with van der Waals surface area (Å²) in [5.41, 5.74) is 0. The van der Waals surface area contributed by atoms with Gasteiger partial charge in [-0.25, -0.2) is 0 Å². The van der Waals surface area contributed by atoms with E-state index in [4.69, 9.17) is 4.52 Å². The second-order valence-corrected chi connectivity index (χ2v) is 4.56. The quantitative estimate of drug-likeness (QED) is 0.820. The van der Waals surface area contributed by atoms with E-state index >= 15 is 0 Å². The van der Waals surface area contributed by atoms with Gasteiger partial charge in [0.2, 0.25) is 5.91 Å². The van der Waals surface area contributed by atoms with Gasteiger partial charge in [-0.2, -0.15) is 0 Å². The van der Waals surface area contributed by atoms with Crippen LogP contribution >= 0.6 is 0 Å². The van der Waals surface area contributed by atoms with Crippen molar-refractivity contribution >= 4 is 11.7 Å². The molecule has 0 unspecified atom stereocenters. The molecule has 0 aromatic carbocycles. The molecule has 0 bridgehead atoms. The predicted molar refractivity (Wildman–Crippen MR) is 64.7 cm³/mol. The van der Waals surface area contributed by atoms with E-state index in [1.165, 1.54) is 25.7 Å². The molecule has 2 N–H and O–H groups in total. The molecule has 1 heterocycles. The lowest BCUT2D eigenvalue weighted by molar-refractivity contribution is -0.116. The van der Waals surface area contributed by atoms with E-state index in [2.05, 4.69) is 15.8 Å². The molecule has 1 aromatic heterocycles. The molecular formula is C12H19N3O2. The lowest BCUT2D eigenvalue weighted by Gasteiger charge is -2.10. The summed E-state index contributed by atoms with van der Waals surface area (Å²) in [6.07, 6.45) is 5.57. The van der Waals surface area contributed by atoms with Crippen LogP contribution in [0, 0.1) is 6.92 Å². The predicted octanol–water partition coefficient (Wildman–Crippen LogP) is 1.84. The number of aromatic nitrogens is 1. The Morgan fingerprint density at radius 2 is 2.29 bits per heavy atom. The SMILES string of the molecule is Cc1cc(NC(=O)CCNC2CCCC2)no1. The van der Waals surface area contributed by atoms with Gasteiger partial charge >= 0.3 is 0 Å². The van der Waals surface area contributed by atoms with E-state index in [-0.39, 0.29) is 5.91 Å². The third-order valence-corrected chi connectivity index (χ3v) is 3.04. The van der Waals surface area contributed by atoms with Crippen LogP contribution in [0.15, 0.2) is 10.6 Å². The minimum atomic E-state index is -0.0243. The van der Waals surface area contributed by atoms with Crippen LogP contribution in [0.3, 0.4) is 0 Å². The first-order valence-electron chi connectivity index (χ1n) is 6.20. The van der Waals surface area contributed by atoms with Gasteiger partial charge in [0.05, 0.1) is 0 Å². The highest BCUT2D eigenvalue weighted by Crippen LogP contribution is 2.17. The summed E-state index contributed by atoms with van der Waals surface area (Å²) in [7, 11) is 0. The summed E-state index contributed by atoms with van der Waals surface area (Å²) in [5.74, 6) is 1.17.